The van der Waals surface area contributed by atoms with Crippen LogP contribution in [0.3, 0.4) is 0 Å². The lowest BCUT2D eigenvalue weighted by Crippen LogP contribution is -2.23. The molecular weight excluding hydrogens is 202 g/mol. The molecule has 3 N–H and O–H groups in total. The Bertz CT molecular complexity index is 334. The number of ether oxygens (including phenoxy) is 1. The smallest absolute Gasteiger partial charge is 0.0840 e. The molecule has 88 valence electrons. The zero-order valence-corrected chi connectivity index (χ0v) is 9.43. The molecule has 1 aromatic carbocycles. The number of nitrogens with two attached hydrogens (primary N) is 1. The molecule has 1 heterocycles. The Morgan fingerprint density at radius 2 is 2.38 bits per heavy atom. The van der Waals surface area contributed by atoms with Crippen molar-refractivity contribution < 1.29 is 9.84 Å². The van der Waals surface area contributed by atoms with Crippen molar-refractivity contribution in [2.24, 2.45) is 11.7 Å². The summed E-state index contributed by atoms with van der Waals surface area (Å²) in [5.41, 5.74) is 7.61. The van der Waals surface area contributed by atoms with Gasteiger partial charge in [-0.1, -0.05) is 24.3 Å². The summed E-state index contributed by atoms with van der Waals surface area (Å²) in [5, 5.41) is 10.2. The number of aliphatic hydroxyl groups excluding tert-OH is 1. The number of aliphatic hydroxyl groups is 1. The van der Waals surface area contributed by atoms with Crippen molar-refractivity contribution in [3.63, 3.8) is 0 Å². The molecule has 0 radical (unpaired) electrons. The summed E-state index contributed by atoms with van der Waals surface area (Å²) in [6.07, 6.45) is 1.65. The third-order valence-electron chi connectivity index (χ3n) is 3.17. The second kappa shape index (κ2) is 5.43. The monoisotopic (exact) mass is 221 g/mol. The van der Waals surface area contributed by atoms with E-state index in [4.69, 9.17) is 10.5 Å². The maximum Gasteiger partial charge on any atom is 0.0840 e. The van der Waals surface area contributed by atoms with E-state index >= 15 is 0 Å². The predicted molar refractivity (Wildman–Crippen MR) is 62.8 cm³/mol. The van der Waals surface area contributed by atoms with E-state index in [0.717, 1.165) is 30.6 Å². The fourth-order valence-corrected chi connectivity index (χ4v) is 2.19. The van der Waals surface area contributed by atoms with Gasteiger partial charge >= 0.3 is 0 Å². The van der Waals surface area contributed by atoms with Gasteiger partial charge in [-0.2, -0.15) is 0 Å². The van der Waals surface area contributed by atoms with E-state index in [1.807, 2.05) is 24.3 Å². The van der Waals surface area contributed by atoms with Gasteiger partial charge in [-0.05, 0) is 24.0 Å². The number of benzene rings is 1. The Labute approximate surface area is 96.2 Å². The van der Waals surface area contributed by atoms with Gasteiger partial charge in [0.1, 0.15) is 0 Å². The molecule has 3 heteroatoms. The van der Waals surface area contributed by atoms with Gasteiger partial charge in [-0.15, -0.1) is 0 Å². The zero-order valence-electron chi connectivity index (χ0n) is 9.43. The topological polar surface area (TPSA) is 55.5 Å². The first kappa shape index (κ1) is 11.6. The Balaban J connectivity index is 2.09. The lowest BCUT2D eigenvalue weighted by atomic mass is 9.90. The molecule has 0 bridgehead atoms. The van der Waals surface area contributed by atoms with Crippen LogP contribution in [0.1, 0.15) is 30.1 Å². The van der Waals surface area contributed by atoms with Crippen LogP contribution in [-0.2, 0) is 11.3 Å². The second-order valence-electron chi connectivity index (χ2n) is 4.37. The molecular formula is C13H19NO2. The highest BCUT2D eigenvalue weighted by molar-refractivity contribution is 5.25. The number of hydrogen-bond acceptors (Lipinski definition) is 3. The largest absolute Gasteiger partial charge is 0.388 e. The van der Waals surface area contributed by atoms with E-state index in [9.17, 15) is 5.11 Å². The fourth-order valence-electron chi connectivity index (χ4n) is 2.19. The molecule has 0 aliphatic carbocycles. The van der Waals surface area contributed by atoms with E-state index in [-0.39, 0.29) is 5.92 Å². The van der Waals surface area contributed by atoms with Crippen molar-refractivity contribution in [1.82, 2.24) is 0 Å². The summed E-state index contributed by atoms with van der Waals surface area (Å²) < 4.78 is 5.40. The van der Waals surface area contributed by atoms with Crippen LogP contribution in [0.15, 0.2) is 24.3 Å². The van der Waals surface area contributed by atoms with Crippen LogP contribution in [0.4, 0.5) is 0 Å². The zero-order chi connectivity index (χ0) is 11.4. The van der Waals surface area contributed by atoms with Crippen LogP contribution in [0.2, 0.25) is 0 Å². The van der Waals surface area contributed by atoms with Crippen LogP contribution in [0.25, 0.3) is 0 Å². The van der Waals surface area contributed by atoms with Gasteiger partial charge in [0.05, 0.1) is 12.7 Å². The molecule has 0 spiro atoms. The van der Waals surface area contributed by atoms with Crippen molar-refractivity contribution in [2.75, 3.05) is 13.2 Å². The summed E-state index contributed by atoms with van der Waals surface area (Å²) in [6, 6.07) is 7.87. The molecule has 16 heavy (non-hydrogen) atoms. The van der Waals surface area contributed by atoms with E-state index in [1.165, 1.54) is 0 Å². The maximum atomic E-state index is 10.2. The van der Waals surface area contributed by atoms with Gasteiger partial charge < -0.3 is 15.6 Å². The summed E-state index contributed by atoms with van der Waals surface area (Å²) in [4.78, 5) is 0. The predicted octanol–water partition coefficient (Wildman–Crippen LogP) is 1.61. The van der Waals surface area contributed by atoms with Crippen LogP contribution >= 0.6 is 0 Å². The Hall–Kier alpha value is -0.900. The quantitative estimate of drug-likeness (QED) is 0.815. The van der Waals surface area contributed by atoms with E-state index < -0.39 is 6.10 Å². The van der Waals surface area contributed by atoms with Gasteiger partial charge in [-0.3, -0.25) is 0 Å². The van der Waals surface area contributed by atoms with Crippen molar-refractivity contribution in [3.05, 3.63) is 35.4 Å². The summed E-state index contributed by atoms with van der Waals surface area (Å²) >= 11 is 0. The third kappa shape index (κ3) is 2.61. The first-order valence-electron chi connectivity index (χ1n) is 5.86. The van der Waals surface area contributed by atoms with Crippen molar-refractivity contribution in [2.45, 2.75) is 25.5 Å². The van der Waals surface area contributed by atoms with Crippen LogP contribution in [-0.4, -0.2) is 18.3 Å². The van der Waals surface area contributed by atoms with E-state index in [0.29, 0.717) is 13.2 Å². The maximum absolute atomic E-state index is 10.2. The van der Waals surface area contributed by atoms with Crippen LogP contribution in [0, 0.1) is 5.92 Å². The highest BCUT2D eigenvalue weighted by atomic mass is 16.5. The average Bonchev–Trinajstić information content (AvgIpc) is 2.39. The lowest BCUT2D eigenvalue weighted by Gasteiger charge is -2.27. The Kier molecular flexibility index (Phi) is 3.93. The molecule has 3 nitrogen and oxygen atoms in total. The number of rotatable bonds is 3. The molecule has 0 aromatic heterocycles. The molecule has 1 fully saturated rings. The van der Waals surface area contributed by atoms with Gasteiger partial charge in [0, 0.05) is 19.1 Å². The minimum Gasteiger partial charge on any atom is -0.388 e. The SMILES string of the molecule is NCc1cccc(C(O)C2CCCOC2)c1. The van der Waals surface area contributed by atoms with E-state index in [2.05, 4.69) is 0 Å². The van der Waals surface area contributed by atoms with Crippen LogP contribution < -0.4 is 5.73 Å². The molecule has 0 amide bonds. The van der Waals surface area contributed by atoms with Gasteiger partial charge in [0.25, 0.3) is 0 Å². The minimum atomic E-state index is -0.424. The summed E-state index contributed by atoms with van der Waals surface area (Å²) in [7, 11) is 0. The van der Waals surface area contributed by atoms with Gasteiger partial charge in [0.15, 0.2) is 0 Å². The first-order valence-corrected chi connectivity index (χ1v) is 5.86. The highest BCUT2D eigenvalue weighted by Crippen LogP contribution is 2.28. The average molecular weight is 221 g/mol. The normalized spacial score (nSPS) is 23.0. The lowest BCUT2D eigenvalue weighted by molar-refractivity contribution is -0.00998. The standard InChI is InChI=1S/C13H19NO2/c14-8-10-3-1-4-11(7-10)13(15)12-5-2-6-16-9-12/h1,3-4,7,12-13,15H,2,5-6,8-9,14H2. The molecule has 1 aliphatic heterocycles. The molecule has 2 unspecified atom stereocenters. The fraction of sp³-hybridized carbons (Fsp3) is 0.538. The summed E-state index contributed by atoms with van der Waals surface area (Å²) in [6.45, 7) is 2.00. The summed E-state index contributed by atoms with van der Waals surface area (Å²) in [5.74, 6) is 0.224. The molecule has 1 aliphatic rings. The molecule has 2 rings (SSSR count). The van der Waals surface area contributed by atoms with Crippen molar-refractivity contribution in [3.8, 4) is 0 Å². The molecule has 1 saturated heterocycles. The molecule has 1 aromatic rings. The second-order valence-corrected chi connectivity index (χ2v) is 4.37. The van der Waals surface area contributed by atoms with Gasteiger partial charge in [-0.25, -0.2) is 0 Å². The van der Waals surface area contributed by atoms with Crippen molar-refractivity contribution in [1.29, 1.82) is 0 Å². The van der Waals surface area contributed by atoms with Crippen molar-refractivity contribution >= 4 is 0 Å². The minimum absolute atomic E-state index is 0.224. The molecule has 0 saturated carbocycles. The first-order chi connectivity index (χ1) is 7.81. The van der Waals surface area contributed by atoms with Crippen LogP contribution in [0.5, 0.6) is 0 Å². The Morgan fingerprint density at radius 1 is 1.50 bits per heavy atom. The highest BCUT2D eigenvalue weighted by Gasteiger charge is 2.23. The van der Waals surface area contributed by atoms with Gasteiger partial charge in [0.2, 0.25) is 0 Å². The van der Waals surface area contributed by atoms with E-state index in [1.54, 1.807) is 0 Å². The third-order valence-corrected chi connectivity index (χ3v) is 3.17. The Morgan fingerprint density at radius 3 is 3.06 bits per heavy atom. The molecule has 2 atom stereocenters. The number of hydrogen-bond donors (Lipinski definition) is 2.